The molecule has 0 spiro atoms. The molecule has 11 heteroatoms. The number of amides is 1. The van der Waals surface area contributed by atoms with E-state index < -0.39 is 10.0 Å². The van der Waals surface area contributed by atoms with Gasteiger partial charge in [-0.05, 0) is 40.2 Å². The van der Waals surface area contributed by atoms with Gasteiger partial charge in [0.2, 0.25) is 5.91 Å². The number of nitrogens with zero attached hydrogens (tertiary/aromatic N) is 4. The van der Waals surface area contributed by atoms with Gasteiger partial charge in [0.25, 0.3) is 10.0 Å². The topological polar surface area (TPSA) is 73.8 Å². The maximum atomic E-state index is 12.5. The molecule has 2 aromatic rings. The van der Waals surface area contributed by atoms with Crippen LogP contribution in [0.15, 0.2) is 39.1 Å². The highest BCUT2D eigenvalue weighted by molar-refractivity contribution is 9.10. The summed E-state index contributed by atoms with van der Waals surface area (Å²) in [5, 5.41) is 0. The Morgan fingerprint density at radius 1 is 1.26 bits per heavy atom. The summed E-state index contributed by atoms with van der Waals surface area (Å²) in [5.41, 5.74) is 0. The number of carbonyl (C=O) groups excluding carboxylic acids is 1. The van der Waals surface area contributed by atoms with Gasteiger partial charge in [-0.3, -0.25) is 4.79 Å². The second kappa shape index (κ2) is 8.44. The van der Waals surface area contributed by atoms with Gasteiger partial charge in [0.05, 0.1) is 10.9 Å². The van der Waals surface area contributed by atoms with E-state index in [1.807, 2.05) is 12.1 Å². The number of aromatic nitrogens is 1. The zero-order chi connectivity index (χ0) is 19.6. The van der Waals surface area contributed by atoms with Gasteiger partial charge >= 0.3 is 0 Å². The largest absolute Gasteiger partial charge is 0.353 e. The molecule has 1 aliphatic rings. The summed E-state index contributed by atoms with van der Waals surface area (Å²) in [6.45, 7) is 2.15. The molecule has 1 aliphatic heterocycles. The Bertz CT molecular complexity index is 912. The average Bonchev–Trinajstić information content (AvgIpc) is 3.09. The molecule has 3 rings (SSSR count). The van der Waals surface area contributed by atoms with Gasteiger partial charge in [-0.25, -0.2) is 13.4 Å². The Morgan fingerprint density at radius 2 is 1.96 bits per heavy atom. The molecule has 3 heterocycles. The van der Waals surface area contributed by atoms with Crippen molar-refractivity contribution in [2.24, 2.45) is 0 Å². The lowest BCUT2D eigenvalue weighted by Crippen LogP contribution is -2.51. The van der Waals surface area contributed by atoms with Crippen molar-refractivity contribution in [3.63, 3.8) is 0 Å². The highest BCUT2D eigenvalue weighted by atomic mass is 79.9. The normalized spacial score (nSPS) is 15.4. The number of rotatable bonds is 5. The van der Waals surface area contributed by atoms with E-state index in [-0.39, 0.29) is 16.7 Å². The SMILES string of the molecule is CN(CC(=O)N1CCN(c2ccc(Br)cn2)CC1)S(=O)(=O)c1ccc(Cl)s1. The lowest BCUT2D eigenvalue weighted by Gasteiger charge is -2.36. The maximum absolute atomic E-state index is 12.5. The van der Waals surface area contributed by atoms with Crippen LogP contribution < -0.4 is 4.90 Å². The van der Waals surface area contributed by atoms with Crippen molar-refractivity contribution in [3.05, 3.63) is 39.3 Å². The molecule has 0 atom stereocenters. The van der Waals surface area contributed by atoms with Gasteiger partial charge in [0.15, 0.2) is 0 Å². The predicted octanol–water partition coefficient (Wildman–Crippen LogP) is 2.53. The van der Waals surface area contributed by atoms with Crippen LogP contribution in [0.1, 0.15) is 0 Å². The fourth-order valence-corrected chi connectivity index (χ4v) is 5.75. The van der Waals surface area contributed by atoms with Crippen LogP contribution in [0.5, 0.6) is 0 Å². The second-order valence-corrected chi connectivity index (χ2v) is 10.9. The van der Waals surface area contributed by atoms with Crippen LogP contribution in [-0.4, -0.2) is 68.3 Å². The van der Waals surface area contributed by atoms with Gasteiger partial charge in [-0.15, -0.1) is 11.3 Å². The highest BCUT2D eigenvalue weighted by Gasteiger charge is 2.28. The van der Waals surface area contributed by atoms with Gasteiger partial charge in [0, 0.05) is 43.9 Å². The van der Waals surface area contributed by atoms with Crippen molar-refractivity contribution in [2.75, 3.05) is 44.7 Å². The number of sulfonamides is 1. The molecule has 146 valence electrons. The Morgan fingerprint density at radius 3 is 2.52 bits per heavy atom. The average molecular weight is 494 g/mol. The van der Waals surface area contributed by atoms with E-state index in [9.17, 15) is 13.2 Å². The number of carbonyl (C=O) groups is 1. The number of piperazine rings is 1. The number of hydrogen-bond donors (Lipinski definition) is 0. The van der Waals surface area contributed by atoms with E-state index in [1.54, 1.807) is 11.1 Å². The molecule has 2 aromatic heterocycles. The fraction of sp³-hybridized carbons (Fsp3) is 0.375. The summed E-state index contributed by atoms with van der Waals surface area (Å²) < 4.78 is 27.5. The van der Waals surface area contributed by atoms with E-state index in [2.05, 4.69) is 25.8 Å². The van der Waals surface area contributed by atoms with Crippen molar-refractivity contribution in [3.8, 4) is 0 Å². The number of anilines is 1. The molecule has 0 saturated carbocycles. The van der Waals surface area contributed by atoms with Crippen molar-refractivity contribution in [2.45, 2.75) is 4.21 Å². The van der Waals surface area contributed by atoms with Crippen molar-refractivity contribution in [1.82, 2.24) is 14.2 Å². The maximum Gasteiger partial charge on any atom is 0.252 e. The van der Waals surface area contributed by atoms with Crippen molar-refractivity contribution >= 4 is 60.6 Å². The number of hydrogen-bond acceptors (Lipinski definition) is 6. The van der Waals surface area contributed by atoms with Gasteiger partial charge in [-0.2, -0.15) is 4.31 Å². The Hall–Kier alpha value is -1.20. The van der Waals surface area contributed by atoms with E-state index >= 15 is 0 Å². The lowest BCUT2D eigenvalue weighted by atomic mass is 10.3. The van der Waals surface area contributed by atoms with E-state index in [0.29, 0.717) is 30.5 Å². The van der Waals surface area contributed by atoms with E-state index in [0.717, 1.165) is 25.9 Å². The molecule has 0 radical (unpaired) electrons. The van der Waals surface area contributed by atoms with E-state index in [4.69, 9.17) is 11.6 Å². The molecule has 0 N–H and O–H groups in total. The first-order valence-electron chi connectivity index (χ1n) is 8.13. The second-order valence-electron chi connectivity index (χ2n) is 6.02. The molecular weight excluding hydrogens is 476 g/mol. The third kappa shape index (κ3) is 4.80. The van der Waals surface area contributed by atoms with Gasteiger partial charge in [0.1, 0.15) is 10.0 Å². The van der Waals surface area contributed by atoms with Crippen LogP contribution in [0, 0.1) is 0 Å². The minimum Gasteiger partial charge on any atom is -0.353 e. The molecule has 7 nitrogen and oxygen atoms in total. The molecule has 1 saturated heterocycles. The summed E-state index contributed by atoms with van der Waals surface area (Å²) in [7, 11) is -2.31. The molecule has 0 unspecified atom stereocenters. The minimum absolute atomic E-state index is 0.133. The Balaban J connectivity index is 1.57. The predicted molar refractivity (Wildman–Crippen MR) is 110 cm³/mol. The first-order chi connectivity index (χ1) is 12.8. The summed E-state index contributed by atoms with van der Waals surface area (Å²) in [6.07, 6.45) is 1.74. The van der Waals surface area contributed by atoms with E-state index in [1.165, 1.54) is 19.2 Å². The smallest absolute Gasteiger partial charge is 0.252 e. The Kier molecular flexibility index (Phi) is 6.42. The van der Waals surface area contributed by atoms with Gasteiger partial charge < -0.3 is 9.80 Å². The third-order valence-corrected chi connectivity index (χ3v) is 8.21. The number of halogens is 2. The number of likely N-dealkylation sites (N-methyl/N-ethyl adjacent to an activating group) is 1. The van der Waals surface area contributed by atoms with Crippen LogP contribution >= 0.6 is 38.9 Å². The molecule has 1 fully saturated rings. The van der Waals surface area contributed by atoms with Crippen LogP contribution in [0.2, 0.25) is 4.34 Å². The fourth-order valence-electron chi connectivity index (χ4n) is 2.71. The van der Waals surface area contributed by atoms with Crippen LogP contribution in [0.3, 0.4) is 0 Å². The monoisotopic (exact) mass is 492 g/mol. The number of thiophene rings is 1. The van der Waals surface area contributed by atoms with Crippen molar-refractivity contribution in [1.29, 1.82) is 0 Å². The van der Waals surface area contributed by atoms with Crippen molar-refractivity contribution < 1.29 is 13.2 Å². The number of pyridine rings is 1. The standard InChI is InChI=1S/C16H18BrClN4O3S2/c1-20(27(24,25)16-5-3-13(18)26-16)11-15(23)22-8-6-21(7-9-22)14-4-2-12(17)10-19-14/h2-5,10H,6-9,11H2,1H3. The minimum atomic E-state index is -3.71. The molecule has 0 aromatic carbocycles. The van der Waals surface area contributed by atoms with Gasteiger partial charge in [-0.1, -0.05) is 11.6 Å². The summed E-state index contributed by atoms with van der Waals surface area (Å²) in [6, 6.07) is 6.84. The molecule has 1 amide bonds. The van der Waals surface area contributed by atoms with Crippen LogP contribution in [0.25, 0.3) is 0 Å². The summed E-state index contributed by atoms with van der Waals surface area (Å²) in [4.78, 5) is 20.7. The molecule has 0 bridgehead atoms. The quantitative estimate of drug-likeness (QED) is 0.640. The highest BCUT2D eigenvalue weighted by Crippen LogP contribution is 2.27. The third-order valence-electron chi connectivity index (χ3n) is 4.24. The van der Waals surface area contributed by atoms with Crippen LogP contribution in [0.4, 0.5) is 5.82 Å². The first kappa shape index (κ1) is 20.5. The zero-order valence-electron chi connectivity index (χ0n) is 14.5. The molecule has 0 aliphatic carbocycles. The molecule has 27 heavy (non-hydrogen) atoms. The Labute approximate surface area is 175 Å². The lowest BCUT2D eigenvalue weighted by molar-refractivity contribution is -0.131. The summed E-state index contributed by atoms with van der Waals surface area (Å²) in [5.74, 6) is 0.645. The summed E-state index contributed by atoms with van der Waals surface area (Å²) >= 11 is 10.2. The first-order valence-corrected chi connectivity index (χ1v) is 11.6. The van der Waals surface area contributed by atoms with Crippen LogP contribution in [-0.2, 0) is 14.8 Å². The molecular formula is C16H18BrClN4O3S2. The zero-order valence-corrected chi connectivity index (χ0v) is 18.5.